The van der Waals surface area contributed by atoms with E-state index in [4.69, 9.17) is 0 Å². The molecular formula is C34H22N4. The summed E-state index contributed by atoms with van der Waals surface area (Å²) in [6.07, 6.45) is 11.2. The van der Waals surface area contributed by atoms with Crippen molar-refractivity contribution >= 4 is 32.3 Å². The van der Waals surface area contributed by atoms with Crippen LogP contribution in [0.5, 0.6) is 0 Å². The summed E-state index contributed by atoms with van der Waals surface area (Å²) in [5, 5.41) is 7.75. The zero-order valence-corrected chi connectivity index (χ0v) is 20.5. The Kier molecular flexibility index (Phi) is 4.49. The highest BCUT2D eigenvalue weighted by atomic mass is 15.0. The molecule has 0 saturated heterocycles. The summed E-state index contributed by atoms with van der Waals surface area (Å²) in [7, 11) is 0. The molecule has 0 N–H and O–H groups in total. The molecule has 0 radical (unpaired) electrons. The van der Waals surface area contributed by atoms with Gasteiger partial charge >= 0.3 is 0 Å². The van der Waals surface area contributed by atoms with Crippen molar-refractivity contribution in [3.05, 3.63) is 135 Å². The van der Waals surface area contributed by atoms with Crippen LogP contribution in [0.1, 0.15) is 0 Å². The highest BCUT2D eigenvalue weighted by molar-refractivity contribution is 6.24. The van der Waals surface area contributed by atoms with Gasteiger partial charge in [-0.05, 0) is 103 Å². The number of imidazole rings is 2. The molecule has 0 unspecified atom stereocenters. The fourth-order valence-corrected chi connectivity index (χ4v) is 5.65. The van der Waals surface area contributed by atoms with Gasteiger partial charge in [-0.3, -0.25) is 0 Å². The second kappa shape index (κ2) is 8.15. The largest absolute Gasteiger partial charge is 0.306 e. The number of benzene rings is 6. The van der Waals surface area contributed by atoms with Crippen molar-refractivity contribution < 1.29 is 0 Å². The Morgan fingerprint density at radius 1 is 0.395 bits per heavy atom. The number of nitrogens with zero attached hydrogens (tertiary/aromatic N) is 4. The third-order valence-corrected chi connectivity index (χ3v) is 7.54. The lowest BCUT2D eigenvalue weighted by Crippen LogP contribution is -1.91. The SMILES string of the molecule is c1cn(-c2ccc(-c3cc4ccc5cc(-c6ccc(-n7ccnc7)cc6)cc6ccc(c3)c4c56)cc2)cn1. The van der Waals surface area contributed by atoms with E-state index in [1.165, 1.54) is 54.6 Å². The molecule has 2 heterocycles. The molecule has 8 rings (SSSR count). The molecule has 0 spiro atoms. The zero-order valence-electron chi connectivity index (χ0n) is 20.5. The lowest BCUT2D eigenvalue weighted by atomic mass is 9.89. The Balaban J connectivity index is 1.21. The van der Waals surface area contributed by atoms with Crippen molar-refractivity contribution in [1.82, 2.24) is 19.1 Å². The molecule has 6 aromatic carbocycles. The van der Waals surface area contributed by atoms with Crippen molar-refractivity contribution in [2.45, 2.75) is 0 Å². The van der Waals surface area contributed by atoms with Crippen LogP contribution in [0.2, 0.25) is 0 Å². The van der Waals surface area contributed by atoms with Crippen molar-refractivity contribution in [1.29, 1.82) is 0 Å². The number of hydrogen-bond acceptors (Lipinski definition) is 2. The molecule has 0 aliphatic carbocycles. The van der Waals surface area contributed by atoms with Crippen LogP contribution in [-0.4, -0.2) is 19.1 Å². The summed E-state index contributed by atoms with van der Waals surface area (Å²) in [6, 6.07) is 35.6. The first-order chi connectivity index (χ1) is 18.8. The Labute approximate surface area is 219 Å². The molecule has 0 aliphatic rings. The van der Waals surface area contributed by atoms with E-state index in [9.17, 15) is 0 Å². The first-order valence-electron chi connectivity index (χ1n) is 12.7. The van der Waals surface area contributed by atoms with Crippen LogP contribution in [0, 0.1) is 0 Å². The number of aromatic nitrogens is 4. The summed E-state index contributed by atoms with van der Waals surface area (Å²) >= 11 is 0. The van der Waals surface area contributed by atoms with Crippen LogP contribution in [0.4, 0.5) is 0 Å². The number of hydrogen-bond donors (Lipinski definition) is 0. The van der Waals surface area contributed by atoms with Gasteiger partial charge in [-0.1, -0.05) is 48.5 Å². The third-order valence-electron chi connectivity index (χ3n) is 7.54. The average Bonchev–Trinajstić information content (AvgIpc) is 3.71. The Bertz CT molecular complexity index is 1820. The van der Waals surface area contributed by atoms with E-state index in [2.05, 4.69) is 107 Å². The smallest absolute Gasteiger partial charge is 0.0991 e. The second-order valence-electron chi connectivity index (χ2n) is 9.76. The molecule has 4 nitrogen and oxygen atoms in total. The molecular weight excluding hydrogens is 464 g/mol. The van der Waals surface area contributed by atoms with Crippen LogP contribution in [0.15, 0.2) is 135 Å². The van der Waals surface area contributed by atoms with E-state index in [-0.39, 0.29) is 0 Å². The fourth-order valence-electron chi connectivity index (χ4n) is 5.65. The first kappa shape index (κ1) is 20.9. The third kappa shape index (κ3) is 3.31. The minimum atomic E-state index is 1.11. The first-order valence-corrected chi connectivity index (χ1v) is 12.7. The van der Waals surface area contributed by atoms with Crippen LogP contribution in [-0.2, 0) is 0 Å². The topological polar surface area (TPSA) is 35.6 Å². The van der Waals surface area contributed by atoms with Gasteiger partial charge in [-0.15, -0.1) is 0 Å². The fraction of sp³-hybridized carbons (Fsp3) is 0. The van der Waals surface area contributed by atoms with E-state index in [0.29, 0.717) is 0 Å². The Morgan fingerprint density at radius 2 is 0.763 bits per heavy atom. The molecule has 0 bridgehead atoms. The van der Waals surface area contributed by atoms with Gasteiger partial charge in [0.1, 0.15) is 0 Å². The summed E-state index contributed by atoms with van der Waals surface area (Å²) < 4.78 is 4.04. The van der Waals surface area contributed by atoms with E-state index in [1.54, 1.807) is 12.4 Å². The molecule has 4 heteroatoms. The normalized spacial score (nSPS) is 11.7. The average molecular weight is 487 g/mol. The van der Waals surface area contributed by atoms with Crippen molar-refractivity contribution in [3.63, 3.8) is 0 Å². The van der Waals surface area contributed by atoms with Crippen LogP contribution in [0.3, 0.4) is 0 Å². The monoisotopic (exact) mass is 486 g/mol. The van der Waals surface area contributed by atoms with E-state index >= 15 is 0 Å². The summed E-state index contributed by atoms with van der Waals surface area (Å²) in [6.45, 7) is 0. The van der Waals surface area contributed by atoms with E-state index in [1.807, 2.05) is 34.2 Å². The van der Waals surface area contributed by atoms with Crippen LogP contribution < -0.4 is 0 Å². The molecule has 0 atom stereocenters. The molecule has 2 aromatic heterocycles. The van der Waals surface area contributed by atoms with Crippen molar-refractivity contribution in [2.75, 3.05) is 0 Å². The molecule has 0 fully saturated rings. The summed E-state index contributed by atoms with van der Waals surface area (Å²) in [4.78, 5) is 8.31. The van der Waals surface area contributed by atoms with Crippen molar-refractivity contribution in [3.8, 4) is 33.6 Å². The predicted octanol–water partition coefficient (Wildman–Crippen LogP) is 8.29. The molecule has 0 saturated carbocycles. The van der Waals surface area contributed by atoms with Gasteiger partial charge in [0.25, 0.3) is 0 Å². The van der Waals surface area contributed by atoms with Crippen LogP contribution in [0.25, 0.3) is 65.9 Å². The maximum atomic E-state index is 4.15. The molecule has 0 amide bonds. The van der Waals surface area contributed by atoms with Gasteiger partial charge in [0.15, 0.2) is 0 Å². The maximum absolute atomic E-state index is 4.15. The quantitative estimate of drug-likeness (QED) is 0.235. The summed E-state index contributed by atoms with van der Waals surface area (Å²) in [5.41, 5.74) is 7.09. The van der Waals surface area contributed by atoms with E-state index < -0.39 is 0 Å². The summed E-state index contributed by atoms with van der Waals surface area (Å²) in [5.74, 6) is 0. The molecule has 8 aromatic rings. The second-order valence-corrected chi connectivity index (χ2v) is 9.76. The Hall–Kier alpha value is -5.22. The minimum Gasteiger partial charge on any atom is -0.306 e. The predicted molar refractivity (Wildman–Crippen MR) is 155 cm³/mol. The highest BCUT2D eigenvalue weighted by Crippen LogP contribution is 2.39. The molecule has 38 heavy (non-hydrogen) atoms. The maximum Gasteiger partial charge on any atom is 0.0991 e. The standard InChI is InChI=1S/C34H22N4/c1-2-26-18-30(24-7-11-32(12-8-24)38-16-14-36-22-38)20-28-4-3-27-19-29(17-25(1)33(27)34(26)28)23-5-9-31(10-6-23)37-15-13-35-21-37/h1-22H. The highest BCUT2D eigenvalue weighted by Gasteiger charge is 2.12. The Morgan fingerprint density at radius 3 is 1.08 bits per heavy atom. The van der Waals surface area contributed by atoms with Crippen LogP contribution >= 0.6 is 0 Å². The van der Waals surface area contributed by atoms with E-state index in [0.717, 1.165) is 11.4 Å². The van der Waals surface area contributed by atoms with Gasteiger partial charge in [0.05, 0.1) is 12.7 Å². The van der Waals surface area contributed by atoms with Gasteiger partial charge in [-0.25, -0.2) is 9.97 Å². The van der Waals surface area contributed by atoms with Gasteiger partial charge in [-0.2, -0.15) is 0 Å². The number of rotatable bonds is 4. The lowest BCUT2D eigenvalue weighted by Gasteiger charge is -2.15. The van der Waals surface area contributed by atoms with Gasteiger partial charge in [0, 0.05) is 36.2 Å². The molecule has 0 aliphatic heterocycles. The zero-order chi connectivity index (χ0) is 25.1. The minimum absolute atomic E-state index is 1.11. The van der Waals surface area contributed by atoms with Crippen molar-refractivity contribution in [2.24, 2.45) is 0 Å². The lowest BCUT2D eigenvalue weighted by molar-refractivity contribution is 1.06. The van der Waals surface area contributed by atoms with Gasteiger partial charge in [0.2, 0.25) is 0 Å². The van der Waals surface area contributed by atoms with Gasteiger partial charge < -0.3 is 9.13 Å². The molecule has 178 valence electrons.